The molecule has 112 valence electrons. The Bertz CT molecular complexity index is 436. The van der Waals surface area contributed by atoms with Gasteiger partial charge in [0.25, 0.3) is 0 Å². The molecule has 1 saturated heterocycles. The van der Waals surface area contributed by atoms with E-state index in [4.69, 9.17) is 0 Å². The van der Waals surface area contributed by atoms with Crippen molar-refractivity contribution in [1.29, 1.82) is 0 Å². The fourth-order valence-electron chi connectivity index (χ4n) is 3.31. The normalized spacial score (nSPS) is 23.6. The van der Waals surface area contributed by atoms with Crippen molar-refractivity contribution in [1.82, 2.24) is 10.2 Å². The van der Waals surface area contributed by atoms with E-state index in [1.165, 1.54) is 61.5 Å². The van der Waals surface area contributed by atoms with E-state index in [9.17, 15) is 0 Å². The third-order valence-corrected chi connectivity index (χ3v) is 5.77. The van der Waals surface area contributed by atoms with Crippen molar-refractivity contribution >= 4 is 11.3 Å². The average molecular weight is 292 g/mol. The van der Waals surface area contributed by atoms with Gasteiger partial charge in [0.15, 0.2) is 0 Å². The van der Waals surface area contributed by atoms with Crippen LogP contribution in [-0.2, 0) is 13.1 Å². The topological polar surface area (TPSA) is 15.3 Å². The number of hydrogen-bond acceptors (Lipinski definition) is 3. The fourth-order valence-corrected chi connectivity index (χ4v) is 4.31. The molecule has 1 atom stereocenters. The summed E-state index contributed by atoms with van der Waals surface area (Å²) < 4.78 is 0. The zero-order valence-electron chi connectivity index (χ0n) is 13.0. The van der Waals surface area contributed by atoms with Gasteiger partial charge in [-0.25, -0.2) is 0 Å². The van der Waals surface area contributed by atoms with Gasteiger partial charge in [0.2, 0.25) is 0 Å². The molecule has 20 heavy (non-hydrogen) atoms. The van der Waals surface area contributed by atoms with E-state index in [1.807, 2.05) is 11.3 Å². The van der Waals surface area contributed by atoms with Crippen LogP contribution in [0.1, 0.15) is 54.3 Å². The molecule has 0 amide bonds. The van der Waals surface area contributed by atoms with Gasteiger partial charge in [-0.3, -0.25) is 4.90 Å². The van der Waals surface area contributed by atoms with Crippen molar-refractivity contribution in [2.75, 3.05) is 13.1 Å². The Labute approximate surface area is 127 Å². The van der Waals surface area contributed by atoms with Crippen LogP contribution in [0.25, 0.3) is 0 Å². The Hall–Kier alpha value is -0.380. The summed E-state index contributed by atoms with van der Waals surface area (Å²) in [5.41, 5.74) is 1.57. The maximum atomic E-state index is 3.63. The standard InChI is InChI=1S/C17H28N2S/c1-3-4-14-7-8-19(11-14)12-15-9-17(20-13(15)2)10-18-16-5-6-16/h9,14,16,18H,3-8,10-12H2,1-2H3. The van der Waals surface area contributed by atoms with Crippen LogP contribution in [0.2, 0.25) is 0 Å². The van der Waals surface area contributed by atoms with Crippen molar-refractivity contribution in [2.45, 2.75) is 65.1 Å². The van der Waals surface area contributed by atoms with Crippen molar-refractivity contribution in [2.24, 2.45) is 5.92 Å². The first-order valence-electron chi connectivity index (χ1n) is 8.28. The van der Waals surface area contributed by atoms with Crippen LogP contribution < -0.4 is 5.32 Å². The largest absolute Gasteiger partial charge is 0.309 e. The third kappa shape index (κ3) is 3.84. The van der Waals surface area contributed by atoms with Crippen molar-refractivity contribution in [3.63, 3.8) is 0 Å². The maximum Gasteiger partial charge on any atom is 0.0302 e. The molecule has 1 aliphatic heterocycles. The summed E-state index contributed by atoms with van der Waals surface area (Å²) in [6.45, 7) is 9.47. The van der Waals surface area contributed by atoms with Gasteiger partial charge in [0, 0.05) is 35.4 Å². The SMILES string of the molecule is CCCC1CCN(Cc2cc(CNC3CC3)sc2C)C1. The van der Waals surface area contributed by atoms with Crippen LogP contribution in [0.5, 0.6) is 0 Å². The molecule has 2 fully saturated rings. The van der Waals surface area contributed by atoms with E-state index in [0.29, 0.717) is 0 Å². The highest BCUT2D eigenvalue weighted by molar-refractivity contribution is 7.12. The average Bonchev–Trinajstić information content (AvgIpc) is 3.06. The molecule has 1 saturated carbocycles. The van der Waals surface area contributed by atoms with Crippen molar-refractivity contribution in [3.8, 4) is 0 Å². The zero-order chi connectivity index (χ0) is 13.9. The maximum absolute atomic E-state index is 3.63. The Kier molecular flexibility index (Phi) is 4.79. The van der Waals surface area contributed by atoms with E-state index < -0.39 is 0 Å². The Morgan fingerprint density at radius 2 is 2.20 bits per heavy atom. The van der Waals surface area contributed by atoms with Gasteiger partial charge in [0.05, 0.1) is 0 Å². The number of aryl methyl sites for hydroxylation is 1. The highest BCUT2D eigenvalue weighted by Gasteiger charge is 2.23. The molecule has 2 aliphatic rings. The Morgan fingerprint density at radius 1 is 1.35 bits per heavy atom. The summed E-state index contributed by atoms with van der Waals surface area (Å²) in [4.78, 5) is 5.71. The van der Waals surface area contributed by atoms with E-state index >= 15 is 0 Å². The van der Waals surface area contributed by atoms with Crippen LogP contribution in [0.4, 0.5) is 0 Å². The van der Waals surface area contributed by atoms with Crippen LogP contribution in [-0.4, -0.2) is 24.0 Å². The Morgan fingerprint density at radius 3 is 2.95 bits per heavy atom. The summed E-state index contributed by atoms with van der Waals surface area (Å²) in [6.07, 6.45) is 6.92. The zero-order valence-corrected chi connectivity index (χ0v) is 13.8. The molecule has 2 nitrogen and oxygen atoms in total. The molecule has 3 rings (SSSR count). The highest BCUT2D eigenvalue weighted by Crippen LogP contribution is 2.28. The monoisotopic (exact) mass is 292 g/mol. The molecule has 2 heterocycles. The van der Waals surface area contributed by atoms with Crippen LogP contribution >= 0.6 is 11.3 Å². The van der Waals surface area contributed by atoms with Crippen LogP contribution in [0, 0.1) is 12.8 Å². The van der Waals surface area contributed by atoms with Gasteiger partial charge >= 0.3 is 0 Å². The first-order valence-corrected chi connectivity index (χ1v) is 9.10. The lowest BCUT2D eigenvalue weighted by Gasteiger charge is -2.15. The minimum Gasteiger partial charge on any atom is -0.309 e. The molecule has 1 unspecified atom stereocenters. The number of rotatable bonds is 7. The van der Waals surface area contributed by atoms with E-state index in [2.05, 4.69) is 30.1 Å². The first-order chi connectivity index (χ1) is 9.74. The molecule has 0 spiro atoms. The summed E-state index contributed by atoms with van der Waals surface area (Å²) >= 11 is 1.99. The third-order valence-electron chi connectivity index (χ3n) is 4.67. The molecular weight excluding hydrogens is 264 g/mol. The lowest BCUT2D eigenvalue weighted by Crippen LogP contribution is -2.20. The summed E-state index contributed by atoms with van der Waals surface area (Å²) in [6, 6.07) is 3.26. The molecule has 1 aromatic heterocycles. The molecule has 0 aromatic carbocycles. The molecule has 3 heteroatoms. The number of hydrogen-bond donors (Lipinski definition) is 1. The van der Waals surface area contributed by atoms with E-state index in [-0.39, 0.29) is 0 Å². The van der Waals surface area contributed by atoms with E-state index in [0.717, 1.165) is 18.5 Å². The molecule has 0 radical (unpaired) electrons. The molecule has 1 N–H and O–H groups in total. The van der Waals surface area contributed by atoms with Crippen molar-refractivity contribution in [3.05, 3.63) is 21.4 Å². The second kappa shape index (κ2) is 6.59. The first kappa shape index (κ1) is 14.6. The lowest BCUT2D eigenvalue weighted by molar-refractivity contribution is 0.313. The summed E-state index contributed by atoms with van der Waals surface area (Å²) in [5.74, 6) is 0.954. The number of thiophene rings is 1. The highest BCUT2D eigenvalue weighted by atomic mass is 32.1. The molecule has 1 aliphatic carbocycles. The van der Waals surface area contributed by atoms with Gasteiger partial charge in [-0.05, 0) is 56.7 Å². The molecule has 1 aromatic rings. The lowest BCUT2D eigenvalue weighted by atomic mass is 10.0. The fraction of sp³-hybridized carbons (Fsp3) is 0.765. The van der Waals surface area contributed by atoms with Gasteiger partial charge in [0.1, 0.15) is 0 Å². The van der Waals surface area contributed by atoms with Crippen LogP contribution in [0.3, 0.4) is 0 Å². The molecule has 0 bridgehead atoms. The number of nitrogens with one attached hydrogen (secondary N) is 1. The quantitative estimate of drug-likeness (QED) is 0.819. The predicted octanol–water partition coefficient (Wildman–Crippen LogP) is 3.93. The number of nitrogens with zero attached hydrogens (tertiary/aromatic N) is 1. The summed E-state index contributed by atoms with van der Waals surface area (Å²) in [5, 5.41) is 3.63. The predicted molar refractivity (Wildman–Crippen MR) is 87.2 cm³/mol. The minimum absolute atomic E-state index is 0.814. The van der Waals surface area contributed by atoms with Gasteiger partial charge in [-0.2, -0.15) is 0 Å². The van der Waals surface area contributed by atoms with Gasteiger partial charge < -0.3 is 5.32 Å². The van der Waals surface area contributed by atoms with E-state index in [1.54, 1.807) is 5.56 Å². The second-order valence-corrected chi connectivity index (χ2v) is 7.97. The smallest absolute Gasteiger partial charge is 0.0302 e. The minimum atomic E-state index is 0.814. The molecular formula is C17H28N2S. The summed E-state index contributed by atoms with van der Waals surface area (Å²) in [7, 11) is 0. The van der Waals surface area contributed by atoms with Gasteiger partial charge in [-0.15, -0.1) is 11.3 Å². The Balaban J connectivity index is 1.51. The van der Waals surface area contributed by atoms with Gasteiger partial charge in [-0.1, -0.05) is 13.3 Å². The number of likely N-dealkylation sites (tertiary alicyclic amines) is 1. The van der Waals surface area contributed by atoms with Crippen LogP contribution in [0.15, 0.2) is 6.07 Å². The second-order valence-electron chi connectivity index (χ2n) is 6.63. The van der Waals surface area contributed by atoms with Crippen molar-refractivity contribution < 1.29 is 0 Å².